The normalized spacial score (nSPS) is 18.0. The number of hydrogen-bond donors (Lipinski definition) is 1. The minimum atomic E-state index is 0.176. The fourth-order valence-corrected chi connectivity index (χ4v) is 3.02. The molecule has 2 N–H and O–H groups in total. The van der Waals surface area contributed by atoms with Crippen LogP contribution in [0.15, 0.2) is 48.9 Å². The van der Waals surface area contributed by atoms with Crippen LogP contribution in [0, 0.1) is 0 Å². The first-order valence-corrected chi connectivity index (χ1v) is 7.16. The topological polar surface area (TPSA) is 59.5 Å². The van der Waals surface area contributed by atoms with E-state index in [0.29, 0.717) is 0 Å². The Morgan fingerprint density at radius 1 is 1.24 bits per heavy atom. The zero-order valence-electron chi connectivity index (χ0n) is 11.7. The Labute approximate surface area is 123 Å². The molecule has 1 atom stereocenters. The summed E-state index contributed by atoms with van der Waals surface area (Å²) in [5.41, 5.74) is 9.79. The molecule has 4 rings (SSSR count). The van der Waals surface area contributed by atoms with Crippen LogP contribution >= 0.6 is 0 Å². The second-order valence-electron chi connectivity index (χ2n) is 5.53. The standard InChI is InChI=1S/C16H17N5/c17-13-8-12-4-1-2-5-15(12)21(9-13)11-14-10-20-7-3-6-18-16(20)19-14/h1-7,10,13H,8-9,11,17H2. The summed E-state index contributed by atoms with van der Waals surface area (Å²) in [4.78, 5) is 11.1. The van der Waals surface area contributed by atoms with Crippen LogP contribution in [-0.4, -0.2) is 27.0 Å². The minimum absolute atomic E-state index is 0.176. The maximum absolute atomic E-state index is 6.19. The fourth-order valence-electron chi connectivity index (χ4n) is 3.02. The Bertz CT molecular complexity index is 746. The zero-order chi connectivity index (χ0) is 14.2. The third-order valence-electron chi connectivity index (χ3n) is 3.91. The van der Waals surface area contributed by atoms with E-state index in [1.165, 1.54) is 11.3 Å². The predicted molar refractivity (Wildman–Crippen MR) is 82.2 cm³/mol. The molecule has 0 radical (unpaired) electrons. The van der Waals surface area contributed by atoms with Gasteiger partial charge in [0.15, 0.2) is 0 Å². The van der Waals surface area contributed by atoms with Gasteiger partial charge in [-0.05, 0) is 24.1 Å². The molecule has 1 aromatic carbocycles. The molecule has 0 spiro atoms. The van der Waals surface area contributed by atoms with Gasteiger partial charge in [0.1, 0.15) is 0 Å². The highest BCUT2D eigenvalue weighted by molar-refractivity contribution is 5.56. The summed E-state index contributed by atoms with van der Waals surface area (Å²) < 4.78 is 1.95. The molecule has 1 aliphatic heterocycles. The molecule has 2 aromatic heterocycles. The van der Waals surface area contributed by atoms with E-state index >= 15 is 0 Å². The molecule has 0 saturated carbocycles. The number of rotatable bonds is 2. The lowest BCUT2D eigenvalue weighted by molar-refractivity contribution is 0.596. The third kappa shape index (κ3) is 2.25. The molecule has 1 unspecified atom stereocenters. The van der Waals surface area contributed by atoms with Crippen molar-refractivity contribution < 1.29 is 0 Å². The van der Waals surface area contributed by atoms with E-state index in [-0.39, 0.29) is 6.04 Å². The highest BCUT2D eigenvalue weighted by atomic mass is 15.2. The van der Waals surface area contributed by atoms with Crippen molar-refractivity contribution in [3.05, 3.63) is 60.2 Å². The molecule has 0 amide bonds. The molecular weight excluding hydrogens is 262 g/mol. The number of imidazole rings is 1. The van der Waals surface area contributed by atoms with Crippen LogP contribution in [-0.2, 0) is 13.0 Å². The van der Waals surface area contributed by atoms with Crippen LogP contribution in [0.25, 0.3) is 5.78 Å². The molecule has 5 nitrogen and oxygen atoms in total. The first kappa shape index (κ1) is 12.3. The summed E-state index contributed by atoms with van der Waals surface area (Å²) in [7, 11) is 0. The van der Waals surface area contributed by atoms with Crippen LogP contribution in [0.3, 0.4) is 0 Å². The summed E-state index contributed by atoms with van der Waals surface area (Å²) in [6.07, 6.45) is 6.71. The van der Waals surface area contributed by atoms with E-state index in [4.69, 9.17) is 5.73 Å². The van der Waals surface area contributed by atoms with Gasteiger partial charge >= 0.3 is 0 Å². The van der Waals surface area contributed by atoms with Gasteiger partial charge in [0.05, 0.1) is 12.2 Å². The number of nitrogens with zero attached hydrogens (tertiary/aromatic N) is 4. The van der Waals surface area contributed by atoms with Gasteiger partial charge in [0.25, 0.3) is 0 Å². The van der Waals surface area contributed by atoms with Crippen molar-refractivity contribution in [3.63, 3.8) is 0 Å². The molecule has 0 bridgehead atoms. The maximum Gasteiger partial charge on any atom is 0.233 e. The second kappa shape index (κ2) is 4.86. The number of fused-ring (bicyclic) bond motifs is 2. The van der Waals surface area contributed by atoms with Gasteiger partial charge in [-0.1, -0.05) is 18.2 Å². The van der Waals surface area contributed by atoms with Crippen molar-refractivity contribution in [3.8, 4) is 0 Å². The lowest BCUT2D eigenvalue weighted by Crippen LogP contribution is -2.42. The van der Waals surface area contributed by atoms with Crippen LogP contribution in [0.2, 0.25) is 0 Å². The Morgan fingerprint density at radius 3 is 3.05 bits per heavy atom. The molecule has 21 heavy (non-hydrogen) atoms. The Hall–Kier alpha value is -2.40. The van der Waals surface area contributed by atoms with Crippen molar-refractivity contribution >= 4 is 11.5 Å². The van der Waals surface area contributed by atoms with Crippen LogP contribution in [0.4, 0.5) is 5.69 Å². The number of nitrogens with two attached hydrogens (primary N) is 1. The smallest absolute Gasteiger partial charge is 0.233 e. The van der Waals surface area contributed by atoms with E-state index in [0.717, 1.165) is 31.0 Å². The highest BCUT2D eigenvalue weighted by Gasteiger charge is 2.22. The number of para-hydroxylation sites is 1. The van der Waals surface area contributed by atoms with Gasteiger partial charge in [-0.25, -0.2) is 9.97 Å². The molecule has 106 valence electrons. The third-order valence-corrected chi connectivity index (χ3v) is 3.91. The summed E-state index contributed by atoms with van der Waals surface area (Å²) in [6.45, 7) is 1.62. The molecule has 3 aromatic rings. The van der Waals surface area contributed by atoms with E-state index in [2.05, 4.69) is 39.1 Å². The SMILES string of the molecule is NC1Cc2ccccc2N(Cc2cn3cccnc3n2)C1. The van der Waals surface area contributed by atoms with Crippen LogP contribution < -0.4 is 10.6 Å². The predicted octanol–water partition coefficient (Wildman–Crippen LogP) is 1.62. The molecular formula is C16H17N5. The lowest BCUT2D eigenvalue weighted by Gasteiger charge is -2.34. The van der Waals surface area contributed by atoms with Crippen molar-refractivity contribution in [1.82, 2.24) is 14.4 Å². The summed E-state index contributed by atoms with van der Waals surface area (Å²) >= 11 is 0. The van der Waals surface area contributed by atoms with Gasteiger partial charge in [-0.15, -0.1) is 0 Å². The van der Waals surface area contributed by atoms with Crippen LogP contribution in [0.5, 0.6) is 0 Å². The van der Waals surface area contributed by atoms with Crippen LogP contribution in [0.1, 0.15) is 11.3 Å². The fraction of sp³-hybridized carbons (Fsp3) is 0.250. The first-order valence-electron chi connectivity index (χ1n) is 7.16. The molecule has 3 heterocycles. The Balaban J connectivity index is 1.67. The monoisotopic (exact) mass is 279 g/mol. The summed E-state index contributed by atoms with van der Waals surface area (Å²) in [5.74, 6) is 0.738. The van der Waals surface area contributed by atoms with Crippen molar-refractivity contribution in [1.29, 1.82) is 0 Å². The van der Waals surface area contributed by atoms with Gasteiger partial charge < -0.3 is 10.6 Å². The number of hydrogen-bond acceptors (Lipinski definition) is 4. The van der Waals surface area contributed by atoms with Gasteiger partial charge in [-0.3, -0.25) is 4.40 Å². The van der Waals surface area contributed by atoms with Gasteiger partial charge in [0.2, 0.25) is 5.78 Å². The van der Waals surface area contributed by atoms with E-state index < -0.39 is 0 Å². The molecule has 1 aliphatic rings. The second-order valence-corrected chi connectivity index (χ2v) is 5.53. The quantitative estimate of drug-likeness (QED) is 0.774. The zero-order valence-corrected chi connectivity index (χ0v) is 11.7. The van der Waals surface area contributed by atoms with Crippen molar-refractivity contribution in [2.45, 2.75) is 19.0 Å². The van der Waals surface area contributed by atoms with Gasteiger partial charge in [0, 0.05) is 36.9 Å². The van der Waals surface area contributed by atoms with E-state index in [1.807, 2.05) is 22.9 Å². The summed E-state index contributed by atoms with van der Waals surface area (Å²) in [6, 6.07) is 10.6. The molecule has 0 saturated heterocycles. The molecule has 5 heteroatoms. The molecule has 0 fully saturated rings. The highest BCUT2D eigenvalue weighted by Crippen LogP contribution is 2.27. The van der Waals surface area contributed by atoms with E-state index in [1.54, 1.807) is 6.20 Å². The average molecular weight is 279 g/mol. The lowest BCUT2D eigenvalue weighted by atomic mass is 9.98. The van der Waals surface area contributed by atoms with Gasteiger partial charge in [-0.2, -0.15) is 0 Å². The number of benzene rings is 1. The maximum atomic E-state index is 6.19. The van der Waals surface area contributed by atoms with E-state index in [9.17, 15) is 0 Å². The number of aromatic nitrogens is 3. The Kier molecular flexibility index (Phi) is 2.86. The number of anilines is 1. The summed E-state index contributed by atoms with van der Waals surface area (Å²) in [5, 5.41) is 0. The average Bonchev–Trinajstić information content (AvgIpc) is 2.89. The largest absolute Gasteiger partial charge is 0.364 e. The van der Waals surface area contributed by atoms with Crippen molar-refractivity contribution in [2.24, 2.45) is 5.73 Å². The molecule has 0 aliphatic carbocycles. The first-order chi connectivity index (χ1) is 10.3. The minimum Gasteiger partial charge on any atom is -0.364 e. The Morgan fingerprint density at radius 2 is 2.14 bits per heavy atom. The van der Waals surface area contributed by atoms with Crippen molar-refractivity contribution in [2.75, 3.05) is 11.4 Å².